The molecule has 1 saturated heterocycles. The average molecular weight is 314 g/mol. The van der Waals surface area contributed by atoms with E-state index >= 15 is 0 Å². The summed E-state index contributed by atoms with van der Waals surface area (Å²) in [5, 5.41) is 0.794. The summed E-state index contributed by atoms with van der Waals surface area (Å²) in [7, 11) is 0. The highest BCUT2D eigenvalue weighted by Crippen LogP contribution is 2.22. The monoisotopic (exact) mass is 313 g/mol. The molecule has 3 nitrogen and oxygen atoms in total. The summed E-state index contributed by atoms with van der Waals surface area (Å²) in [4.78, 5) is 12.2. The molecule has 1 atom stereocenters. The van der Waals surface area contributed by atoms with Crippen molar-refractivity contribution in [2.75, 3.05) is 6.61 Å². The first-order chi connectivity index (χ1) is 8.24. The predicted octanol–water partition coefficient (Wildman–Crippen LogP) is 3.00. The summed E-state index contributed by atoms with van der Waals surface area (Å²) >= 11 is 4.92. The van der Waals surface area contributed by atoms with Gasteiger partial charge in [0.05, 0.1) is 22.7 Å². The number of hydrogen-bond donors (Lipinski definition) is 0. The molecule has 3 rings (SSSR count). The highest BCUT2D eigenvalue weighted by molar-refractivity contribution is 9.10. The smallest absolute Gasteiger partial charge is 0.268 e. The molecule has 0 amide bonds. The lowest BCUT2D eigenvalue weighted by molar-refractivity contribution is 0.0988. The Labute approximate surface area is 111 Å². The van der Waals surface area contributed by atoms with Gasteiger partial charge in [-0.2, -0.15) is 0 Å². The molecule has 1 aromatic heterocycles. The van der Waals surface area contributed by atoms with Crippen molar-refractivity contribution in [3.05, 3.63) is 33.0 Å². The SMILES string of the molecule is O=c1c2cc(Br)ccc2sn1C[C@H]1CCCO1. The second-order valence-corrected chi connectivity index (χ2v) is 6.21. The Hall–Kier alpha value is -0.650. The lowest BCUT2D eigenvalue weighted by atomic mass is 10.2. The number of aromatic nitrogens is 1. The molecule has 0 saturated carbocycles. The highest BCUT2D eigenvalue weighted by Gasteiger charge is 2.18. The van der Waals surface area contributed by atoms with Crippen molar-refractivity contribution in [1.82, 2.24) is 3.96 Å². The Balaban J connectivity index is 1.99. The zero-order valence-corrected chi connectivity index (χ0v) is 11.6. The number of fused-ring (bicyclic) bond motifs is 1. The molecule has 0 aliphatic carbocycles. The predicted molar refractivity (Wildman–Crippen MR) is 72.8 cm³/mol. The zero-order chi connectivity index (χ0) is 11.8. The Morgan fingerprint density at radius 1 is 1.53 bits per heavy atom. The van der Waals surface area contributed by atoms with Gasteiger partial charge in [0.15, 0.2) is 0 Å². The summed E-state index contributed by atoms with van der Waals surface area (Å²) in [6, 6.07) is 5.84. The normalized spacial score (nSPS) is 20.2. The Morgan fingerprint density at radius 3 is 3.18 bits per heavy atom. The number of ether oxygens (including phenoxy) is 1. The van der Waals surface area contributed by atoms with Crippen LogP contribution in [0.1, 0.15) is 12.8 Å². The van der Waals surface area contributed by atoms with Crippen LogP contribution in [0.15, 0.2) is 27.5 Å². The molecule has 1 aromatic carbocycles. The number of nitrogens with zero attached hydrogens (tertiary/aromatic N) is 1. The molecule has 2 aromatic rings. The van der Waals surface area contributed by atoms with Crippen LogP contribution in [0, 0.1) is 0 Å². The minimum absolute atomic E-state index is 0.0989. The first-order valence-electron chi connectivity index (χ1n) is 5.65. The van der Waals surface area contributed by atoms with Gasteiger partial charge in [-0.25, -0.2) is 0 Å². The van der Waals surface area contributed by atoms with Crippen molar-refractivity contribution in [2.45, 2.75) is 25.5 Å². The lowest BCUT2D eigenvalue weighted by Gasteiger charge is -2.07. The number of hydrogen-bond acceptors (Lipinski definition) is 3. The van der Waals surface area contributed by atoms with E-state index in [9.17, 15) is 4.79 Å². The molecule has 0 unspecified atom stereocenters. The van der Waals surface area contributed by atoms with Gasteiger partial charge in [0.2, 0.25) is 0 Å². The van der Waals surface area contributed by atoms with E-state index in [0.717, 1.165) is 34.0 Å². The van der Waals surface area contributed by atoms with Gasteiger partial charge in [-0.1, -0.05) is 27.5 Å². The van der Waals surface area contributed by atoms with Gasteiger partial charge in [-0.15, -0.1) is 0 Å². The van der Waals surface area contributed by atoms with E-state index < -0.39 is 0 Å². The average Bonchev–Trinajstić information content (AvgIpc) is 2.91. The van der Waals surface area contributed by atoms with Crippen LogP contribution in [0.3, 0.4) is 0 Å². The van der Waals surface area contributed by atoms with Crippen molar-refractivity contribution >= 4 is 37.5 Å². The molecule has 0 radical (unpaired) electrons. The molecule has 5 heteroatoms. The van der Waals surface area contributed by atoms with E-state index in [0.29, 0.717) is 6.54 Å². The third-order valence-corrected chi connectivity index (χ3v) is 4.58. The summed E-state index contributed by atoms with van der Waals surface area (Å²) < 4.78 is 9.37. The van der Waals surface area contributed by atoms with E-state index in [1.54, 1.807) is 0 Å². The van der Waals surface area contributed by atoms with Crippen LogP contribution in [0.5, 0.6) is 0 Å². The Kier molecular flexibility index (Phi) is 3.06. The van der Waals surface area contributed by atoms with Crippen LogP contribution in [-0.2, 0) is 11.3 Å². The van der Waals surface area contributed by atoms with Crippen LogP contribution in [0.2, 0.25) is 0 Å². The van der Waals surface area contributed by atoms with Crippen LogP contribution in [-0.4, -0.2) is 16.7 Å². The maximum atomic E-state index is 12.2. The minimum atomic E-state index is 0.0989. The van der Waals surface area contributed by atoms with Gasteiger partial charge >= 0.3 is 0 Å². The van der Waals surface area contributed by atoms with E-state index in [4.69, 9.17) is 4.74 Å². The third kappa shape index (κ3) is 2.19. The van der Waals surface area contributed by atoms with Gasteiger partial charge in [-0.3, -0.25) is 8.75 Å². The Bertz CT molecular complexity index is 598. The summed E-state index contributed by atoms with van der Waals surface area (Å²) in [5.74, 6) is 0. The number of halogens is 1. The Morgan fingerprint density at radius 2 is 2.41 bits per heavy atom. The molecular weight excluding hydrogens is 302 g/mol. The molecular formula is C12H12BrNO2S. The fraction of sp³-hybridized carbons (Fsp3) is 0.417. The number of benzene rings is 1. The van der Waals surface area contributed by atoms with Crippen molar-refractivity contribution in [2.24, 2.45) is 0 Å². The van der Waals surface area contributed by atoms with Gasteiger partial charge in [0.1, 0.15) is 0 Å². The molecule has 0 spiro atoms. The van der Waals surface area contributed by atoms with Gasteiger partial charge in [0, 0.05) is 11.1 Å². The van der Waals surface area contributed by atoms with Crippen LogP contribution in [0.25, 0.3) is 10.1 Å². The van der Waals surface area contributed by atoms with Crippen LogP contribution in [0.4, 0.5) is 0 Å². The summed E-state index contributed by atoms with van der Waals surface area (Å²) in [6.07, 6.45) is 2.38. The van der Waals surface area contributed by atoms with Crippen molar-refractivity contribution in [1.29, 1.82) is 0 Å². The third-order valence-electron chi connectivity index (χ3n) is 3.00. The highest BCUT2D eigenvalue weighted by atomic mass is 79.9. The van der Waals surface area contributed by atoms with Gasteiger partial charge in [0.25, 0.3) is 5.56 Å². The van der Waals surface area contributed by atoms with Crippen molar-refractivity contribution in [3.8, 4) is 0 Å². The quantitative estimate of drug-likeness (QED) is 0.853. The molecule has 90 valence electrons. The topological polar surface area (TPSA) is 31.2 Å². The molecule has 1 aliphatic rings. The molecule has 2 heterocycles. The minimum Gasteiger partial charge on any atom is -0.376 e. The van der Waals surface area contributed by atoms with Crippen LogP contribution < -0.4 is 5.56 Å². The molecule has 1 aliphatic heterocycles. The lowest BCUT2D eigenvalue weighted by Crippen LogP contribution is -2.21. The molecule has 0 N–H and O–H groups in total. The van der Waals surface area contributed by atoms with E-state index in [1.807, 2.05) is 22.2 Å². The fourth-order valence-electron chi connectivity index (χ4n) is 2.14. The first-order valence-corrected chi connectivity index (χ1v) is 7.21. The fourth-order valence-corrected chi connectivity index (χ4v) is 3.53. The standard InChI is InChI=1S/C12H12BrNO2S/c13-8-3-4-11-10(6-8)12(15)14(17-11)7-9-2-1-5-16-9/h3-4,6,9H,1-2,5,7H2/t9-/m1/s1. The second-order valence-electron chi connectivity index (χ2n) is 4.23. The van der Waals surface area contributed by atoms with Crippen LogP contribution >= 0.6 is 27.5 Å². The largest absolute Gasteiger partial charge is 0.376 e. The maximum Gasteiger partial charge on any atom is 0.268 e. The molecule has 17 heavy (non-hydrogen) atoms. The van der Waals surface area contributed by atoms with E-state index in [2.05, 4.69) is 15.9 Å². The number of rotatable bonds is 2. The first kappa shape index (κ1) is 11.4. The maximum absolute atomic E-state index is 12.2. The van der Waals surface area contributed by atoms with E-state index in [-0.39, 0.29) is 11.7 Å². The summed E-state index contributed by atoms with van der Waals surface area (Å²) in [6.45, 7) is 1.52. The van der Waals surface area contributed by atoms with Crippen molar-refractivity contribution in [3.63, 3.8) is 0 Å². The molecule has 1 fully saturated rings. The summed E-state index contributed by atoms with van der Waals surface area (Å²) in [5.41, 5.74) is 0.0989. The zero-order valence-electron chi connectivity index (χ0n) is 9.19. The van der Waals surface area contributed by atoms with E-state index in [1.165, 1.54) is 11.5 Å². The van der Waals surface area contributed by atoms with Gasteiger partial charge in [-0.05, 0) is 31.0 Å². The van der Waals surface area contributed by atoms with Crippen molar-refractivity contribution < 1.29 is 4.74 Å². The second kappa shape index (κ2) is 4.55. The molecule has 0 bridgehead atoms. The van der Waals surface area contributed by atoms with Gasteiger partial charge < -0.3 is 4.74 Å².